The molecule has 0 radical (unpaired) electrons. The second-order valence-electron chi connectivity index (χ2n) is 5.14. The Balaban J connectivity index is 1.94. The van der Waals surface area contributed by atoms with Crippen LogP contribution in [0.2, 0.25) is 0 Å². The Bertz CT molecular complexity index is 535. The number of aromatic nitrogens is 2. The minimum Gasteiger partial charge on any atom is -0.497 e. The molecule has 21 heavy (non-hydrogen) atoms. The normalized spacial score (nSPS) is 12.3. The Kier molecular flexibility index (Phi) is 5.78. The smallest absolute Gasteiger partial charge is 0.118 e. The third-order valence-electron chi connectivity index (χ3n) is 3.59. The van der Waals surface area contributed by atoms with Crippen molar-refractivity contribution in [3.8, 4) is 5.75 Å². The number of hydrazine groups is 1. The van der Waals surface area contributed by atoms with E-state index >= 15 is 0 Å². The Labute approximate surface area is 126 Å². The van der Waals surface area contributed by atoms with Crippen LogP contribution >= 0.6 is 0 Å². The van der Waals surface area contributed by atoms with Crippen molar-refractivity contribution in [2.24, 2.45) is 5.84 Å². The summed E-state index contributed by atoms with van der Waals surface area (Å²) < 4.78 is 7.13. The van der Waals surface area contributed by atoms with Crippen LogP contribution < -0.4 is 16.0 Å². The monoisotopic (exact) mass is 288 g/mol. The number of nitrogens with zero attached hydrogens (tertiary/aromatic N) is 2. The molecule has 5 heteroatoms. The molecule has 1 aromatic heterocycles. The highest BCUT2D eigenvalue weighted by molar-refractivity contribution is 5.27. The summed E-state index contributed by atoms with van der Waals surface area (Å²) in [4.78, 5) is 0. The first-order valence-corrected chi connectivity index (χ1v) is 7.38. The van der Waals surface area contributed by atoms with Crippen LogP contribution in [0.25, 0.3) is 0 Å². The average Bonchev–Trinajstić information content (AvgIpc) is 2.97. The molecule has 3 N–H and O–H groups in total. The highest BCUT2D eigenvalue weighted by Crippen LogP contribution is 2.19. The summed E-state index contributed by atoms with van der Waals surface area (Å²) >= 11 is 0. The number of rotatable bonds is 8. The van der Waals surface area contributed by atoms with Gasteiger partial charge in [-0.15, -0.1) is 0 Å². The minimum atomic E-state index is 0.123. The average molecular weight is 288 g/mol. The molecule has 0 amide bonds. The number of ether oxygens (including phenoxy) is 1. The molecule has 1 unspecified atom stereocenters. The third kappa shape index (κ3) is 4.31. The lowest BCUT2D eigenvalue weighted by atomic mass is 10.0. The van der Waals surface area contributed by atoms with Crippen LogP contribution in [0, 0.1) is 0 Å². The molecule has 0 saturated heterocycles. The van der Waals surface area contributed by atoms with Gasteiger partial charge in [0.1, 0.15) is 5.75 Å². The number of hydrogen-bond donors (Lipinski definition) is 2. The van der Waals surface area contributed by atoms with Gasteiger partial charge < -0.3 is 4.74 Å². The van der Waals surface area contributed by atoms with E-state index < -0.39 is 0 Å². The molecule has 0 bridgehead atoms. The number of benzene rings is 1. The van der Waals surface area contributed by atoms with E-state index in [-0.39, 0.29) is 6.04 Å². The van der Waals surface area contributed by atoms with E-state index in [9.17, 15) is 0 Å². The van der Waals surface area contributed by atoms with Crippen LogP contribution in [0.1, 0.15) is 36.9 Å². The molecule has 0 aliphatic carbocycles. The predicted molar refractivity (Wildman–Crippen MR) is 83.9 cm³/mol. The Morgan fingerprint density at radius 1 is 1.33 bits per heavy atom. The number of methoxy groups -OCH3 is 1. The van der Waals surface area contributed by atoms with Crippen molar-refractivity contribution in [2.75, 3.05) is 7.11 Å². The molecule has 1 heterocycles. The Hall–Kier alpha value is -1.85. The topological polar surface area (TPSA) is 65.1 Å². The summed E-state index contributed by atoms with van der Waals surface area (Å²) in [6.45, 7) is 3.08. The second kappa shape index (κ2) is 7.81. The molecular formula is C16H24N4O. The standard InChI is InChI=1S/C16H24N4O/c1-3-10-20-12-14(11-18-20)16(19-17)9-6-13-4-7-15(21-2)8-5-13/h4-5,7-8,11-12,16,19H,3,6,9-10,17H2,1-2H3. The van der Waals surface area contributed by atoms with Crippen molar-refractivity contribution < 1.29 is 4.74 Å². The van der Waals surface area contributed by atoms with Gasteiger partial charge in [-0.1, -0.05) is 19.1 Å². The first-order chi connectivity index (χ1) is 10.3. The highest BCUT2D eigenvalue weighted by atomic mass is 16.5. The molecule has 0 fully saturated rings. The summed E-state index contributed by atoms with van der Waals surface area (Å²) in [7, 11) is 1.68. The Morgan fingerprint density at radius 2 is 2.10 bits per heavy atom. The van der Waals surface area contributed by atoms with E-state index in [1.807, 2.05) is 23.0 Å². The predicted octanol–water partition coefficient (Wildman–Crippen LogP) is 2.44. The van der Waals surface area contributed by atoms with Crippen LogP contribution in [0.3, 0.4) is 0 Å². The summed E-state index contributed by atoms with van der Waals surface area (Å²) in [5, 5.41) is 4.36. The summed E-state index contributed by atoms with van der Waals surface area (Å²) in [5.41, 5.74) is 5.30. The van der Waals surface area contributed by atoms with E-state index in [1.54, 1.807) is 7.11 Å². The SMILES string of the molecule is CCCn1cc(C(CCc2ccc(OC)cc2)NN)cn1. The zero-order valence-corrected chi connectivity index (χ0v) is 12.7. The lowest BCUT2D eigenvalue weighted by molar-refractivity contribution is 0.414. The van der Waals surface area contributed by atoms with Gasteiger partial charge in [0.15, 0.2) is 0 Å². The van der Waals surface area contributed by atoms with Crippen molar-refractivity contribution in [3.05, 3.63) is 47.8 Å². The van der Waals surface area contributed by atoms with Gasteiger partial charge in [-0.25, -0.2) is 0 Å². The van der Waals surface area contributed by atoms with Crippen molar-refractivity contribution in [3.63, 3.8) is 0 Å². The molecule has 2 aromatic rings. The van der Waals surface area contributed by atoms with Gasteiger partial charge in [-0.05, 0) is 37.0 Å². The van der Waals surface area contributed by atoms with Crippen molar-refractivity contribution in [1.29, 1.82) is 0 Å². The third-order valence-corrected chi connectivity index (χ3v) is 3.59. The van der Waals surface area contributed by atoms with Gasteiger partial charge in [-0.2, -0.15) is 5.10 Å². The largest absolute Gasteiger partial charge is 0.497 e. The van der Waals surface area contributed by atoms with Gasteiger partial charge in [0.05, 0.1) is 13.3 Å². The highest BCUT2D eigenvalue weighted by Gasteiger charge is 2.12. The summed E-state index contributed by atoms with van der Waals surface area (Å²) in [5.74, 6) is 6.57. The van der Waals surface area contributed by atoms with E-state index in [0.717, 1.165) is 37.1 Å². The lowest BCUT2D eigenvalue weighted by Gasteiger charge is -2.14. The molecule has 0 aliphatic heterocycles. The maximum Gasteiger partial charge on any atom is 0.118 e. The molecule has 2 rings (SSSR count). The van der Waals surface area contributed by atoms with Crippen LogP contribution in [0.15, 0.2) is 36.7 Å². The van der Waals surface area contributed by atoms with Crippen LogP contribution in [-0.2, 0) is 13.0 Å². The van der Waals surface area contributed by atoms with Crippen LogP contribution in [-0.4, -0.2) is 16.9 Å². The molecule has 0 aliphatic rings. The van der Waals surface area contributed by atoms with Gasteiger partial charge in [-0.3, -0.25) is 16.0 Å². The number of nitrogens with two attached hydrogens (primary N) is 1. The molecule has 1 atom stereocenters. The number of aryl methyl sites for hydroxylation is 2. The summed E-state index contributed by atoms with van der Waals surface area (Å²) in [6.07, 6.45) is 6.93. The van der Waals surface area contributed by atoms with Gasteiger partial charge >= 0.3 is 0 Å². The first kappa shape index (κ1) is 15.5. The summed E-state index contributed by atoms with van der Waals surface area (Å²) in [6, 6.07) is 8.27. The van der Waals surface area contributed by atoms with E-state index in [1.165, 1.54) is 5.56 Å². The van der Waals surface area contributed by atoms with Gasteiger partial charge in [0.25, 0.3) is 0 Å². The van der Waals surface area contributed by atoms with Crippen LogP contribution in [0.5, 0.6) is 5.75 Å². The van der Waals surface area contributed by atoms with E-state index in [4.69, 9.17) is 10.6 Å². The molecule has 0 saturated carbocycles. The fourth-order valence-corrected chi connectivity index (χ4v) is 2.36. The van der Waals surface area contributed by atoms with Crippen molar-refractivity contribution >= 4 is 0 Å². The fourth-order valence-electron chi connectivity index (χ4n) is 2.36. The zero-order chi connectivity index (χ0) is 15.1. The molecule has 5 nitrogen and oxygen atoms in total. The van der Waals surface area contributed by atoms with E-state index in [2.05, 4.69) is 35.8 Å². The number of hydrogen-bond acceptors (Lipinski definition) is 4. The second-order valence-corrected chi connectivity index (χ2v) is 5.14. The minimum absolute atomic E-state index is 0.123. The van der Waals surface area contributed by atoms with Gasteiger partial charge in [0.2, 0.25) is 0 Å². The maximum atomic E-state index is 5.69. The fraction of sp³-hybridized carbons (Fsp3) is 0.438. The maximum absolute atomic E-state index is 5.69. The van der Waals surface area contributed by atoms with Crippen molar-refractivity contribution in [1.82, 2.24) is 15.2 Å². The molecular weight excluding hydrogens is 264 g/mol. The number of nitrogens with one attached hydrogen (secondary N) is 1. The molecule has 1 aromatic carbocycles. The van der Waals surface area contributed by atoms with Crippen LogP contribution in [0.4, 0.5) is 0 Å². The Morgan fingerprint density at radius 3 is 2.71 bits per heavy atom. The van der Waals surface area contributed by atoms with Crippen molar-refractivity contribution in [2.45, 2.75) is 38.8 Å². The quantitative estimate of drug-likeness (QED) is 0.578. The lowest BCUT2D eigenvalue weighted by Crippen LogP contribution is -2.28. The molecule has 0 spiro atoms. The first-order valence-electron chi connectivity index (χ1n) is 7.38. The molecule has 114 valence electrons. The van der Waals surface area contributed by atoms with E-state index in [0.29, 0.717) is 0 Å². The van der Waals surface area contributed by atoms with Gasteiger partial charge in [0, 0.05) is 24.3 Å². The zero-order valence-electron chi connectivity index (χ0n) is 12.7.